The summed E-state index contributed by atoms with van der Waals surface area (Å²) in [4.78, 5) is 0. The van der Waals surface area contributed by atoms with E-state index in [4.69, 9.17) is 16.3 Å². The summed E-state index contributed by atoms with van der Waals surface area (Å²) in [5.41, 5.74) is 0. The van der Waals surface area contributed by atoms with Gasteiger partial charge in [0.15, 0.2) is 0 Å². The fourth-order valence-corrected chi connectivity index (χ4v) is 0.598. The molecule has 0 aliphatic rings. The average Bonchev–Trinajstić information content (AvgIpc) is 1.87. The number of hydrogen-bond donors (Lipinski definition) is 0. The molecule has 0 aromatic rings. The van der Waals surface area contributed by atoms with Gasteiger partial charge in [-0.05, 0) is 20.3 Å². The van der Waals surface area contributed by atoms with Gasteiger partial charge in [0, 0.05) is 0 Å². The lowest BCUT2D eigenvalue weighted by atomic mass is 10.4. The SMILES string of the molecule is CCO/C(C)=C(\Cl)CC. The number of halogens is 1. The van der Waals surface area contributed by atoms with Crippen LogP contribution in [0.4, 0.5) is 0 Å². The van der Waals surface area contributed by atoms with Crippen LogP contribution in [0.3, 0.4) is 0 Å². The standard InChI is InChI=1S/C7H13ClO/c1-4-7(8)6(3)9-5-2/h4-5H2,1-3H3/b7-6-. The first-order valence-electron chi connectivity index (χ1n) is 3.20. The van der Waals surface area contributed by atoms with Gasteiger partial charge in [-0.2, -0.15) is 0 Å². The largest absolute Gasteiger partial charge is 0.497 e. The molecule has 0 aromatic heterocycles. The lowest BCUT2D eigenvalue weighted by Crippen LogP contribution is -1.88. The van der Waals surface area contributed by atoms with Crippen molar-refractivity contribution in [1.82, 2.24) is 0 Å². The van der Waals surface area contributed by atoms with Gasteiger partial charge in [0.25, 0.3) is 0 Å². The van der Waals surface area contributed by atoms with Crippen LogP contribution in [0.15, 0.2) is 10.8 Å². The summed E-state index contributed by atoms with van der Waals surface area (Å²) in [6, 6.07) is 0. The van der Waals surface area contributed by atoms with Crippen molar-refractivity contribution in [2.45, 2.75) is 27.2 Å². The van der Waals surface area contributed by atoms with Gasteiger partial charge in [-0.1, -0.05) is 18.5 Å². The number of hydrogen-bond acceptors (Lipinski definition) is 1. The van der Waals surface area contributed by atoms with Crippen molar-refractivity contribution in [2.24, 2.45) is 0 Å². The van der Waals surface area contributed by atoms with E-state index in [0.717, 1.165) is 17.2 Å². The first-order chi connectivity index (χ1) is 4.22. The molecule has 0 unspecified atom stereocenters. The first-order valence-corrected chi connectivity index (χ1v) is 3.58. The molecule has 0 spiro atoms. The minimum Gasteiger partial charge on any atom is -0.497 e. The fourth-order valence-electron chi connectivity index (χ4n) is 0.544. The van der Waals surface area contributed by atoms with Gasteiger partial charge in [0.2, 0.25) is 0 Å². The van der Waals surface area contributed by atoms with Crippen molar-refractivity contribution in [1.29, 1.82) is 0 Å². The normalized spacial score (nSPS) is 12.9. The molecular weight excluding hydrogens is 136 g/mol. The molecule has 0 N–H and O–H groups in total. The highest BCUT2D eigenvalue weighted by molar-refractivity contribution is 6.29. The Morgan fingerprint density at radius 2 is 2.00 bits per heavy atom. The van der Waals surface area contributed by atoms with E-state index in [-0.39, 0.29) is 0 Å². The second-order valence-corrected chi connectivity index (χ2v) is 2.20. The maximum Gasteiger partial charge on any atom is 0.107 e. The van der Waals surface area contributed by atoms with Crippen LogP contribution in [0.2, 0.25) is 0 Å². The minimum atomic E-state index is 0.696. The van der Waals surface area contributed by atoms with Crippen molar-refractivity contribution in [2.75, 3.05) is 6.61 Å². The van der Waals surface area contributed by atoms with Crippen molar-refractivity contribution < 1.29 is 4.74 Å². The van der Waals surface area contributed by atoms with Crippen LogP contribution in [0.5, 0.6) is 0 Å². The second-order valence-electron chi connectivity index (χ2n) is 1.75. The first kappa shape index (κ1) is 8.83. The molecule has 0 aromatic carbocycles. The van der Waals surface area contributed by atoms with E-state index in [0.29, 0.717) is 6.61 Å². The Balaban J connectivity index is 3.78. The van der Waals surface area contributed by atoms with Crippen LogP contribution in [0, 0.1) is 0 Å². The highest BCUT2D eigenvalue weighted by Crippen LogP contribution is 2.13. The van der Waals surface area contributed by atoms with Crippen molar-refractivity contribution >= 4 is 11.6 Å². The quantitative estimate of drug-likeness (QED) is 0.560. The summed E-state index contributed by atoms with van der Waals surface area (Å²) >= 11 is 5.75. The van der Waals surface area contributed by atoms with E-state index in [1.54, 1.807) is 0 Å². The molecule has 0 atom stereocenters. The summed E-state index contributed by atoms with van der Waals surface area (Å²) in [5.74, 6) is 0.849. The zero-order valence-corrected chi connectivity index (χ0v) is 6.96. The molecule has 0 rings (SSSR count). The lowest BCUT2D eigenvalue weighted by Gasteiger charge is -2.03. The van der Waals surface area contributed by atoms with E-state index in [1.165, 1.54) is 0 Å². The predicted octanol–water partition coefficient (Wildman–Crippen LogP) is 2.90. The van der Waals surface area contributed by atoms with Crippen LogP contribution in [-0.4, -0.2) is 6.61 Å². The molecule has 0 amide bonds. The number of rotatable bonds is 3. The molecular formula is C7H13ClO. The van der Waals surface area contributed by atoms with Crippen molar-refractivity contribution in [3.05, 3.63) is 10.8 Å². The van der Waals surface area contributed by atoms with E-state index < -0.39 is 0 Å². The molecule has 0 bridgehead atoms. The Morgan fingerprint density at radius 1 is 1.44 bits per heavy atom. The predicted molar refractivity (Wildman–Crippen MR) is 40.5 cm³/mol. The van der Waals surface area contributed by atoms with Crippen molar-refractivity contribution in [3.8, 4) is 0 Å². The third kappa shape index (κ3) is 3.41. The summed E-state index contributed by atoms with van der Waals surface area (Å²) in [5, 5.41) is 0.817. The Hall–Kier alpha value is -0.170. The Labute approximate surface area is 61.7 Å². The Bertz CT molecular complexity index is 107. The van der Waals surface area contributed by atoms with Crippen LogP contribution < -0.4 is 0 Å². The monoisotopic (exact) mass is 148 g/mol. The molecule has 1 nitrogen and oxygen atoms in total. The zero-order chi connectivity index (χ0) is 7.28. The summed E-state index contributed by atoms with van der Waals surface area (Å²) in [6.07, 6.45) is 0.855. The van der Waals surface area contributed by atoms with E-state index in [1.807, 2.05) is 20.8 Å². The van der Waals surface area contributed by atoms with Crippen LogP contribution >= 0.6 is 11.6 Å². The third-order valence-electron chi connectivity index (χ3n) is 1.05. The number of allylic oxidation sites excluding steroid dienone is 2. The summed E-state index contributed by atoms with van der Waals surface area (Å²) in [7, 11) is 0. The maximum absolute atomic E-state index is 5.75. The minimum absolute atomic E-state index is 0.696. The van der Waals surface area contributed by atoms with Gasteiger partial charge >= 0.3 is 0 Å². The molecule has 54 valence electrons. The van der Waals surface area contributed by atoms with Gasteiger partial charge < -0.3 is 4.74 Å². The highest BCUT2D eigenvalue weighted by Gasteiger charge is 1.94. The molecule has 0 saturated carbocycles. The fraction of sp³-hybridized carbons (Fsp3) is 0.714. The van der Waals surface area contributed by atoms with Gasteiger partial charge in [-0.3, -0.25) is 0 Å². The molecule has 0 heterocycles. The summed E-state index contributed by atoms with van der Waals surface area (Å²) in [6.45, 7) is 6.53. The highest BCUT2D eigenvalue weighted by atomic mass is 35.5. The van der Waals surface area contributed by atoms with Crippen LogP contribution in [-0.2, 0) is 4.74 Å². The van der Waals surface area contributed by atoms with Gasteiger partial charge in [-0.15, -0.1) is 0 Å². The van der Waals surface area contributed by atoms with E-state index in [9.17, 15) is 0 Å². The van der Waals surface area contributed by atoms with Gasteiger partial charge in [0.05, 0.1) is 11.6 Å². The Kier molecular flexibility index (Phi) is 4.60. The van der Waals surface area contributed by atoms with E-state index in [2.05, 4.69) is 0 Å². The molecule has 0 saturated heterocycles. The van der Waals surface area contributed by atoms with Crippen molar-refractivity contribution in [3.63, 3.8) is 0 Å². The molecule has 0 fully saturated rings. The summed E-state index contributed by atoms with van der Waals surface area (Å²) < 4.78 is 5.14. The lowest BCUT2D eigenvalue weighted by molar-refractivity contribution is 0.229. The van der Waals surface area contributed by atoms with Crippen LogP contribution in [0.25, 0.3) is 0 Å². The smallest absolute Gasteiger partial charge is 0.107 e. The Morgan fingerprint density at radius 3 is 2.33 bits per heavy atom. The molecule has 9 heavy (non-hydrogen) atoms. The van der Waals surface area contributed by atoms with Gasteiger partial charge in [0.1, 0.15) is 5.76 Å². The number of ether oxygens (including phenoxy) is 1. The third-order valence-corrected chi connectivity index (χ3v) is 1.59. The molecule has 0 radical (unpaired) electrons. The topological polar surface area (TPSA) is 9.23 Å². The maximum atomic E-state index is 5.75. The molecule has 0 aliphatic heterocycles. The second kappa shape index (κ2) is 4.68. The molecule has 2 heteroatoms. The van der Waals surface area contributed by atoms with Gasteiger partial charge in [-0.25, -0.2) is 0 Å². The molecule has 0 aliphatic carbocycles. The van der Waals surface area contributed by atoms with Crippen LogP contribution in [0.1, 0.15) is 27.2 Å². The average molecular weight is 149 g/mol. The zero-order valence-electron chi connectivity index (χ0n) is 6.20. The van der Waals surface area contributed by atoms with E-state index >= 15 is 0 Å².